The van der Waals surface area contributed by atoms with E-state index in [-0.39, 0.29) is 29.6 Å². The number of hydrogen-bond donors (Lipinski definition) is 2. The van der Waals surface area contributed by atoms with Gasteiger partial charge in [0.05, 0.1) is 19.2 Å². The molecule has 7 heteroatoms. The molecule has 2 N–H and O–H groups in total. The third kappa shape index (κ3) is 4.83. The first kappa shape index (κ1) is 22.8. The smallest absolute Gasteiger partial charge is 0.278 e. The Hall–Kier alpha value is -4.39. The van der Waals surface area contributed by atoms with E-state index in [0.29, 0.717) is 22.7 Å². The lowest BCUT2D eigenvalue weighted by molar-refractivity contribution is -0.137. The predicted octanol–water partition coefficient (Wildman–Crippen LogP) is 4.35. The molecule has 0 bridgehead atoms. The zero-order valence-corrected chi connectivity index (χ0v) is 19.2. The Balaban J connectivity index is 1.72. The predicted molar refractivity (Wildman–Crippen MR) is 131 cm³/mol. The minimum absolute atomic E-state index is 0.161. The summed E-state index contributed by atoms with van der Waals surface area (Å²) in [4.78, 5) is 39.5. The summed E-state index contributed by atoms with van der Waals surface area (Å²) < 4.78 is 5.28. The topological polar surface area (TPSA) is 87.7 Å². The highest BCUT2D eigenvalue weighted by Crippen LogP contribution is 2.32. The Morgan fingerprint density at radius 2 is 1.62 bits per heavy atom. The van der Waals surface area contributed by atoms with Crippen LogP contribution in [0.25, 0.3) is 5.57 Å². The maximum atomic E-state index is 13.5. The zero-order valence-electron chi connectivity index (χ0n) is 19.2. The number of aryl methyl sites for hydroxylation is 1. The van der Waals surface area contributed by atoms with Crippen molar-refractivity contribution in [3.8, 4) is 5.75 Å². The number of nitrogens with one attached hydrogen (secondary N) is 2. The minimum atomic E-state index is -0.408. The standard InChI is InChI=1S/C27H25N3O4/c1-17-7-9-19(10-8-17)16-30-26(32)24(20-11-13-21(14-12-20)28-18(2)31)25(27(30)33)29-22-5-4-6-23(15-22)34-3/h4-15,29H,16H2,1-3H3,(H,28,31). The molecular formula is C27H25N3O4. The van der Waals surface area contributed by atoms with Gasteiger partial charge in [0.15, 0.2) is 0 Å². The van der Waals surface area contributed by atoms with Crippen molar-refractivity contribution >= 4 is 34.7 Å². The first-order chi connectivity index (χ1) is 16.4. The summed E-state index contributed by atoms with van der Waals surface area (Å²) in [5.41, 5.74) is 4.22. The van der Waals surface area contributed by atoms with Crippen molar-refractivity contribution in [3.05, 3.63) is 95.2 Å². The van der Waals surface area contributed by atoms with Gasteiger partial charge in [0.2, 0.25) is 5.91 Å². The minimum Gasteiger partial charge on any atom is -0.497 e. The van der Waals surface area contributed by atoms with Crippen LogP contribution in [0.2, 0.25) is 0 Å². The van der Waals surface area contributed by atoms with Gasteiger partial charge in [-0.25, -0.2) is 0 Å². The molecule has 0 spiro atoms. The second-order valence-electron chi connectivity index (χ2n) is 8.05. The van der Waals surface area contributed by atoms with Gasteiger partial charge < -0.3 is 15.4 Å². The van der Waals surface area contributed by atoms with E-state index in [1.54, 1.807) is 55.6 Å². The highest BCUT2D eigenvalue weighted by Gasteiger charge is 2.39. The Kier molecular flexibility index (Phi) is 6.45. The van der Waals surface area contributed by atoms with Crippen molar-refractivity contribution in [1.82, 2.24) is 4.90 Å². The van der Waals surface area contributed by atoms with Crippen molar-refractivity contribution < 1.29 is 19.1 Å². The van der Waals surface area contributed by atoms with Gasteiger partial charge in [-0.3, -0.25) is 19.3 Å². The number of anilines is 2. The number of rotatable bonds is 7. The molecule has 0 aliphatic carbocycles. The number of hydrogen-bond acceptors (Lipinski definition) is 5. The number of benzene rings is 3. The maximum Gasteiger partial charge on any atom is 0.278 e. The molecule has 0 radical (unpaired) electrons. The second-order valence-corrected chi connectivity index (χ2v) is 8.05. The molecule has 1 aliphatic heterocycles. The summed E-state index contributed by atoms with van der Waals surface area (Å²) in [5, 5.41) is 5.84. The van der Waals surface area contributed by atoms with Crippen molar-refractivity contribution in [2.45, 2.75) is 20.4 Å². The summed E-state index contributed by atoms with van der Waals surface area (Å²) in [5.74, 6) is -0.360. The molecule has 0 saturated heterocycles. The van der Waals surface area contributed by atoms with E-state index in [9.17, 15) is 14.4 Å². The summed E-state index contributed by atoms with van der Waals surface area (Å²) in [7, 11) is 1.56. The first-order valence-electron chi connectivity index (χ1n) is 10.8. The van der Waals surface area contributed by atoms with Gasteiger partial charge >= 0.3 is 0 Å². The number of carbonyl (C=O) groups is 3. The van der Waals surface area contributed by atoms with Crippen molar-refractivity contribution in [1.29, 1.82) is 0 Å². The molecule has 0 atom stereocenters. The quantitative estimate of drug-likeness (QED) is 0.517. The van der Waals surface area contributed by atoms with E-state index in [4.69, 9.17) is 4.74 Å². The van der Waals surface area contributed by atoms with Gasteiger partial charge in [0.25, 0.3) is 11.8 Å². The van der Waals surface area contributed by atoms with Crippen LogP contribution in [-0.4, -0.2) is 29.7 Å². The summed E-state index contributed by atoms with van der Waals surface area (Å²) in [6.07, 6.45) is 0. The van der Waals surface area contributed by atoms with E-state index in [1.165, 1.54) is 11.8 Å². The Morgan fingerprint density at radius 3 is 2.26 bits per heavy atom. The van der Waals surface area contributed by atoms with Crippen LogP contribution in [0, 0.1) is 6.92 Å². The van der Waals surface area contributed by atoms with E-state index in [0.717, 1.165) is 11.1 Å². The second kappa shape index (κ2) is 9.62. The van der Waals surface area contributed by atoms with Crippen LogP contribution in [0.15, 0.2) is 78.5 Å². The molecule has 0 saturated carbocycles. The zero-order chi connectivity index (χ0) is 24.2. The molecule has 0 aromatic heterocycles. The third-order valence-electron chi connectivity index (χ3n) is 5.46. The highest BCUT2D eigenvalue weighted by atomic mass is 16.5. The Morgan fingerprint density at radius 1 is 0.912 bits per heavy atom. The molecule has 4 rings (SSSR count). The molecule has 1 aliphatic rings. The number of ether oxygens (including phenoxy) is 1. The van der Waals surface area contributed by atoms with Gasteiger partial charge in [0, 0.05) is 24.4 Å². The number of imide groups is 1. The van der Waals surface area contributed by atoms with Crippen LogP contribution in [0.3, 0.4) is 0 Å². The molecule has 1 heterocycles. The van der Waals surface area contributed by atoms with Gasteiger partial charge in [-0.1, -0.05) is 48.0 Å². The van der Waals surface area contributed by atoms with Crippen molar-refractivity contribution in [2.24, 2.45) is 0 Å². The summed E-state index contributed by atoms with van der Waals surface area (Å²) in [6.45, 7) is 3.57. The van der Waals surface area contributed by atoms with E-state index in [1.807, 2.05) is 31.2 Å². The normalized spacial score (nSPS) is 13.3. The number of amides is 3. The first-order valence-corrected chi connectivity index (χ1v) is 10.8. The molecule has 34 heavy (non-hydrogen) atoms. The van der Waals surface area contributed by atoms with Crippen LogP contribution in [0.1, 0.15) is 23.6 Å². The lowest BCUT2D eigenvalue weighted by Crippen LogP contribution is -2.32. The third-order valence-corrected chi connectivity index (χ3v) is 5.46. The van der Waals surface area contributed by atoms with Gasteiger partial charge in [-0.2, -0.15) is 0 Å². The highest BCUT2D eigenvalue weighted by molar-refractivity contribution is 6.36. The van der Waals surface area contributed by atoms with Gasteiger partial charge in [-0.05, 0) is 42.3 Å². The largest absolute Gasteiger partial charge is 0.497 e. The number of nitrogens with zero attached hydrogens (tertiary/aromatic N) is 1. The van der Waals surface area contributed by atoms with Crippen LogP contribution >= 0.6 is 0 Å². The Labute approximate surface area is 198 Å². The average molecular weight is 456 g/mol. The number of carbonyl (C=O) groups excluding carboxylic acids is 3. The molecule has 3 aromatic rings. The molecule has 0 unspecified atom stereocenters. The molecular weight excluding hydrogens is 430 g/mol. The van der Waals surface area contributed by atoms with Crippen molar-refractivity contribution in [3.63, 3.8) is 0 Å². The fourth-order valence-electron chi connectivity index (χ4n) is 3.75. The van der Waals surface area contributed by atoms with E-state index in [2.05, 4.69) is 10.6 Å². The maximum absolute atomic E-state index is 13.5. The van der Waals surface area contributed by atoms with E-state index < -0.39 is 5.91 Å². The summed E-state index contributed by atoms with van der Waals surface area (Å²) >= 11 is 0. The lowest BCUT2D eigenvalue weighted by atomic mass is 10.0. The van der Waals surface area contributed by atoms with Crippen LogP contribution < -0.4 is 15.4 Å². The SMILES string of the molecule is COc1cccc(NC2=C(c3ccc(NC(C)=O)cc3)C(=O)N(Cc3ccc(C)cc3)C2=O)c1. The van der Waals surface area contributed by atoms with Gasteiger partial charge in [-0.15, -0.1) is 0 Å². The molecule has 7 nitrogen and oxygen atoms in total. The van der Waals surface area contributed by atoms with Crippen LogP contribution in [-0.2, 0) is 20.9 Å². The Bertz CT molecular complexity index is 1280. The fraction of sp³-hybridized carbons (Fsp3) is 0.148. The molecule has 0 fully saturated rings. The monoisotopic (exact) mass is 455 g/mol. The number of methoxy groups -OCH3 is 1. The van der Waals surface area contributed by atoms with Crippen molar-refractivity contribution in [2.75, 3.05) is 17.7 Å². The fourth-order valence-corrected chi connectivity index (χ4v) is 3.75. The molecule has 3 aromatic carbocycles. The van der Waals surface area contributed by atoms with Crippen LogP contribution in [0.4, 0.5) is 11.4 Å². The molecule has 172 valence electrons. The average Bonchev–Trinajstić information content (AvgIpc) is 3.05. The summed E-state index contributed by atoms with van der Waals surface area (Å²) in [6, 6.07) is 21.7. The molecule has 3 amide bonds. The lowest BCUT2D eigenvalue weighted by Gasteiger charge is -2.16. The van der Waals surface area contributed by atoms with Crippen LogP contribution in [0.5, 0.6) is 5.75 Å². The van der Waals surface area contributed by atoms with E-state index >= 15 is 0 Å². The van der Waals surface area contributed by atoms with Gasteiger partial charge in [0.1, 0.15) is 11.4 Å².